The minimum Gasteiger partial charge on any atom is -0.368 e. The maximum atomic E-state index is 12.1. The van der Waals surface area contributed by atoms with Gasteiger partial charge in [-0.25, -0.2) is 0 Å². The van der Waals surface area contributed by atoms with E-state index in [9.17, 15) is 9.59 Å². The predicted octanol–water partition coefficient (Wildman–Crippen LogP) is 1.69. The second-order valence-corrected chi connectivity index (χ2v) is 4.74. The Hall–Kier alpha value is -2.10. The monoisotopic (exact) mass is 258 g/mol. The normalized spacial score (nSPS) is 19.7. The highest BCUT2D eigenvalue weighted by Gasteiger charge is 2.25. The zero-order chi connectivity index (χ0) is 13.7. The van der Waals surface area contributed by atoms with Crippen LogP contribution in [-0.4, -0.2) is 11.8 Å². The molecule has 1 aliphatic carbocycles. The summed E-state index contributed by atoms with van der Waals surface area (Å²) in [5.74, 6) is -0.696. The van der Waals surface area contributed by atoms with Crippen LogP contribution in [0, 0.1) is 5.92 Å². The summed E-state index contributed by atoms with van der Waals surface area (Å²) in [7, 11) is 0. The molecule has 2 rings (SSSR count). The molecule has 2 atom stereocenters. The number of hydrogen-bond acceptors (Lipinski definition) is 2. The van der Waals surface area contributed by atoms with Crippen LogP contribution in [0.25, 0.3) is 0 Å². The van der Waals surface area contributed by atoms with Gasteiger partial charge in [-0.15, -0.1) is 0 Å². The summed E-state index contributed by atoms with van der Waals surface area (Å²) in [5, 5.41) is 2.76. The molecule has 1 aromatic rings. The van der Waals surface area contributed by atoms with E-state index in [-0.39, 0.29) is 11.8 Å². The van der Waals surface area contributed by atoms with Crippen LogP contribution in [0.2, 0.25) is 0 Å². The molecule has 19 heavy (non-hydrogen) atoms. The summed E-state index contributed by atoms with van der Waals surface area (Å²) in [6, 6.07) is 8.32. The number of carbonyl (C=O) groups excluding carboxylic acids is 2. The smallest absolute Gasteiger partial charge is 0.244 e. The Balaban J connectivity index is 2.07. The lowest BCUT2D eigenvalue weighted by atomic mass is 9.93. The third kappa shape index (κ3) is 3.44. The van der Waals surface area contributed by atoms with Gasteiger partial charge in [-0.1, -0.05) is 42.5 Å². The standard InChI is InChI=1S/C15H18N2O2/c16-14(18)13(11-7-3-1-4-8-11)17-15(19)12-9-5-2-6-10-12/h1-5,7-8,12-13H,6,9-10H2,(H2,16,18)(H,17,19)/t12-,13+/m1/s1. The number of amides is 2. The van der Waals surface area contributed by atoms with Crippen molar-refractivity contribution in [3.05, 3.63) is 48.0 Å². The summed E-state index contributed by atoms with van der Waals surface area (Å²) in [6.07, 6.45) is 6.54. The van der Waals surface area contributed by atoms with Gasteiger partial charge in [0.2, 0.25) is 11.8 Å². The minimum absolute atomic E-state index is 0.0597. The molecule has 0 bridgehead atoms. The van der Waals surface area contributed by atoms with Crippen molar-refractivity contribution in [3.63, 3.8) is 0 Å². The fourth-order valence-electron chi connectivity index (χ4n) is 2.26. The van der Waals surface area contributed by atoms with Crippen molar-refractivity contribution >= 4 is 11.8 Å². The number of hydrogen-bond donors (Lipinski definition) is 2. The molecule has 3 N–H and O–H groups in total. The molecule has 2 amide bonds. The maximum absolute atomic E-state index is 12.1. The average Bonchev–Trinajstić information content (AvgIpc) is 2.46. The van der Waals surface area contributed by atoms with E-state index in [2.05, 4.69) is 11.4 Å². The zero-order valence-corrected chi connectivity index (χ0v) is 10.7. The first kappa shape index (κ1) is 13.3. The highest BCUT2D eigenvalue weighted by Crippen LogP contribution is 2.20. The summed E-state index contributed by atoms with van der Waals surface area (Å²) in [5.41, 5.74) is 6.10. The van der Waals surface area contributed by atoms with Gasteiger partial charge >= 0.3 is 0 Å². The Kier molecular flexibility index (Phi) is 4.34. The van der Waals surface area contributed by atoms with E-state index in [4.69, 9.17) is 5.73 Å². The van der Waals surface area contributed by atoms with Crippen LogP contribution in [0.5, 0.6) is 0 Å². The molecule has 0 spiro atoms. The number of nitrogens with two attached hydrogens (primary N) is 1. The third-order valence-electron chi connectivity index (χ3n) is 3.34. The van der Waals surface area contributed by atoms with E-state index >= 15 is 0 Å². The van der Waals surface area contributed by atoms with Gasteiger partial charge in [0.25, 0.3) is 0 Å². The Labute approximate surface area is 112 Å². The molecule has 100 valence electrons. The molecule has 4 nitrogen and oxygen atoms in total. The molecular weight excluding hydrogens is 240 g/mol. The molecule has 0 saturated heterocycles. The first-order chi connectivity index (χ1) is 9.18. The first-order valence-electron chi connectivity index (χ1n) is 6.48. The van der Waals surface area contributed by atoms with Crippen LogP contribution in [0.4, 0.5) is 0 Å². The Bertz CT molecular complexity index is 482. The number of benzene rings is 1. The van der Waals surface area contributed by atoms with Crippen molar-refractivity contribution in [2.24, 2.45) is 11.7 Å². The van der Waals surface area contributed by atoms with Crippen molar-refractivity contribution in [3.8, 4) is 0 Å². The van der Waals surface area contributed by atoms with Gasteiger partial charge < -0.3 is 11.1 Å². The van der Waals surface area contributed by atoms with E-state index in [1.165, 1.54) is 0 Å². The van der Waals surface area contributed by atoms with Crippen LogP contribution >= 0.6 is 0 Å². The minimum atomic E-state index is -0.750. The molecule has 0 unspecified atom stereocenters. The van der Waals surface area contributed by atoms with E-state index < -0.39 is 11.9 Å². The van der Waals surface area contributed by atoms with E-state index in [1.54, 1.807) is 12.1 Å². The molecule has 1 aromatic carbocycles. The average molecular weight is 258 g/mol. The van der Waals surface area contributed by atoms with Gasteiger partial charge in [-0.2, -0.15) is 0 Å². The number of rotatable bonds is 4. The molecule has 0 saturated carbocycles. The molecule has 0 aromatic heterocycles. The largest absolute Gasteiger partial charge is 0.368 e. The van der Waals surface area contributed by atoms with E-state index in [0.717, 1.165) is 24.8 Å². The molecule has 1 aliphatic rings. The van der Waals surface area contributed by atoms with Gasteiger partial charge in [0, 0.05) is 5.92 Å². The molecule has 0 aliphatic heterocycles. The van der Waals surface area contributed by atoms with Gasteiger partial charge in [0.1, 0.15) is 6.04 Å². The zero-order valence-electron chi connectivity index (χ0n) is 10.7. The lowest BCUT2D eigenvalue weighted by molar-refractivity contribution is -0.130. The Morgan fingerprint density at radius 2 is 1.95 bits per heavy atom. The third-order valence-corrected chi connectivity index (χ3v) is 3.34. The summed E-state index contributed by atoms with van der Waals surface area (Å²) < 4.78 is 0. The van der Waals surface area contributed by atoms with Crippen molar-refractivity contribution in [2.45, 2.75) is 25.3 Å². The Morgan fingerprint density at radius 1 is 1.21 bits per heavy atom. The van der Waals surface area contributed by atoms with Gasteiger partial charge in [0.05, 0.1) is 0 Å². The summed E-state index contributed by atoms with van der Waals surface area (Å²) in [4.78, 5) is 23.6. The molecule has 0 heterocycles. The van der Waals surface area contributed by atoms with Crippen LogP contribution < -0.4 is 11.1 Å². The summed E-state index contributed by atoms with van der Waals surface area (Å²) >= 11 is 0. The molecule has 0 fully saturated rings. The lowest BCUT2D eigenvalue weighted by Crippen LogP contribution is -2.40. The van der Waals surface area contributed by atoms with Crippen molar-refractivity contribution < 1.29 is 9.59 Å². The SMILES string of the molecule is NC(=O)[C@@H](NC(=O)[C@@H]1CC=CCC1)c1ccccc1. The number of primary amides is 1. The second kappa shape index (κ2) is 6.18. The van der Waals surface area contributed by atoms with Crippen LogP contribution in [0.15, 0.2) is 42.5 Å². The van der Waals surface area contributed by atoms with Gasteiger partial charge in [0.15, 0.2) is 0 Å². The fourth-order valence-corrected chi connectivity index (χ4v) is 2.26. The maximum Gasteiger partial charge on any atom is 0.244 e. The van der Waals surface area contributed by atoms with Gasteiger partial charge in [-0.05, 0) is 24.8 Å². The quantitative estimate of drug-likeness (QED) is 0.807. The number of allylic oxidation sites excluding steroid dienone is 2. The topological polar surface area (TPSA) is 72.2 Å². The summed E-state index contributed by atoms with van der Waals surface area (Å²) in [6.45, 7) is 0. The van der Waals surface area contributed by atoms with Crippen molar-refractivity contribution in [1.82, 2.24) is 5.32 Å². The predicted molar refractivity (Wildman–Crippen MR) is 73.0 cm³/mol. The van der Waals surface area contributed by atoms with Crippen LogP contribution in [0.3, 0.4) is 0 Å². The molecule has 0 radical (unpaired) electrons. The number of carbonyl (C=O) groups is 2. The van der Waals surface area contributed by atoms with Crippen LogP contribution in [0.1, 0.15) is 30.9 Å². The second-order valence-electron chi connectivity index (χ2n) is 4.74. The molecule has 4 heteroatoms. The first-order valence-corrected chi connectivity index (χ1v) is 6.48. The van der Waals surface area contributed by atoms with Crippen molar-refractivity contribution in [1.29, 1.82) is 0 Å². The number of nitrogens with one attached hydrogen (secondary N) is 1. The lowest BCUT2D eigenvalue weighted by Gasteiger charge is -2.21. The van der Waals surface area contributed by atoms with Gasteiger partial charge in [-0.3, -0.25) is 9.59 Å². The fraction of sp³-hybridized carbons (Fsp3) is 0.333. The van der Waals surface area contributed by atoms with Crippen molar-refractivity contribution in [2.75, 3.05) is 0 Å². The van der Waals surface area contributed by atoms with E-state index in [1.807, 2.05) is 24.3 Å². The molecular formula is C15H18N2O2. The van der Waals surface area contributed by atoms with Crippen LogP contribution in [-0.2, 0) is 9.59 Å². The highest BCUT2D eigenvalue weighted by atomic mass is 16.2. The van der Waals surface area contributed by atoms with E-state index in [0.29, 0.717) is 0 Å². The Morgan fingerprint density at radius 3 is 2.53 bits per heavy atom. The highest BCUT2D eigenvalue weighted by molar-refractivity contribution is 5.88.